The predicted octanol–water partition coefficient (Wildman–Crippen LogP) is 4.35. The van der Waals surface area contributed by atoms with E-state index in [9.17, 15) is 13.2 Å². The monoisotopic (exact) mass is 397 g/mol. The minimum absolute atomic E-state index is 0.251. The molecular formula is C21H30F3N3O. The summed E-state index contributed by atoms with van der Waals surface area (Å²) in [6, 6.07) is 3.34. The molecule has 0 unspecified atom stereocenters. The predicted molar refractivity (Wildman–Crippen MR) is 102 cm³/mol. The van der Waals surface area contributed by atoms with Crippen molar-refractivity contribution in [1.82, 2.24) is 9.88 Å². The number of ether oxygens (including phenoxy) is 1. The van der Waals surface area contributed by atoms with Gasteiger partial charge in [0, 0.05) is 44.4 Å². The molecule has 28 heavy (non-hydrogen) atoms. The van der Waals surface area contributed by atoms with Gasteiger partial charge in [0.15, 0.2) is 0 Å². The highest BCUT2D eigenvalue weighted by Crippen LogP contribution is 2.42. The largest absolute Gasteiger partial charge is 0.417 e. The van der Waals surface area contributed by atoms with Crippen LogP contribution in [0.2, 0.25) is 0 Å². The van der Waals surface area contributed by atoms with Gasteiger partial charge in [0.25, 0.3) is 0 Å². The Hall–Kier alpha value is -1.34. The third kappa shape index (κ3) is 4.15. The summed E-state index contributed by atoms with van der Waals surface area (Å²) in [4.78, 5) is 8.98. The van der Waals surface area contributed by atoms with Crippen LogP contribution in [-0.4, -0.2) is 55.3 Å². The average molecular weight is 397 g/mol. The van der Waals surface area contributed by atoms with Crippen LogP contribution in [0.1, 0.15) is 50.5 Å². The van der Waals surface area contributed by atoms with Crippen LogP contribution in [0.15, 0.2) is 18.3 Å². The van der Waals surface area contributed by atoms with Gasteiger partial charge in [-0.05, 0) is 63.6 Å². The molecule has 0 amide bonds. The molecule has 0 radical (unpaired) electrons. The number of pyridine rings is 1. The summed E-state index contributed by atoms with van der Waals surface area (Å²) in [5.74, 6) is 0.672. The lowest BCUT2D eigenvalue weighted by molar-refractivity contribution is -0.137. The summed E-state index contributed by atoms with van der Waals surface area (Å²) >= 11 is 0. The van der Waals surface area contributed by atoms with E-state index < -0.39 is 11.7 Å². The molecule has 1 spiro atoms. The Kier molecular flexibility index (Phi) is 5.58. The van der Waals surface area contributed by atoms with Gasteiger partial charge in [-0.15, -0.1) is 0 Å². The fourth-order valence-corrected chi connectivity index (χ4v) is 5.40. The number of halogens is 3. The van der Waals surface area contributed by atoms with Gasteiger partial charge in [-0.2, -0.15) is 13.2 Å². The molecule has 0 aromatic carbocycles. The van der Waals surface area contributed by atoms with Crippen LogP contribution in [-0.2, 0) is 10.9 Å². The van der Waals surface area contributed by atoms with E-state index in [1.54, 1.807) is 0 Å². The molecule has 0 N–H and O–H groups in total. The van der Waals surface area contributed by atoms with Crippen molar-refractivity contribution in [3.8, 4) is 0 Å². The van der Waals surface area contributed by atoms with E-state index in [-0.39, 0.29) is 5.41 Å². The van der Waals surface area contributed by atoms with E-state index in [1.807, 2.05) is 7.11 Å². The van der Waals surface area contributed by atoms with Gasteiger partial charge in [0.05, 0.1) is 11.7 Å². The Balaban J connectivity index is 1.38. The summed E-state index contributed by atoms with van der Waals surface area (Å²) in [6.07, 6.45) is 5.21. The molecular weight excluding hydrogens is 367 g/mol. The minimum Gasteiger partial charge on any atom is -0.381 e. The number of rotatable bonds is 3. The van der Waals surface area contributed by atoms with Gasteiger partial charge in [-0.25, -0.2) is 4.98 Å². The lowest BCUT2D eigenvalue weighted by Gasteiger charge is -2.42. The van der Waals surface area contributed by atoms with Crippen LogP contribution in [0.25, 0.3) is 0 Å². The second kappa shape index (κ2) is 7.82. The van der Waals surface area contributed by atoms with Crippen molar-refractivity contribution in [2.24, 2.45) is 5.41 Å². The lowest BCUT2D eigenvalue weighted by Crippen LogP contribution is -2.46. The number of hydrogen-bond donors (Lipinski definition) is 0. The number of anilines is 1. The highest BCUT2D eigenvalue weighted by atomic mass is 19.4. The maximum atomic E-state index is 12.8. The molecule has 1 aromatic rings. The molecule has 4 rings (SSSR count). The molecule has 1 atom stereocenters. The number of nitrogens with zero attached hydrogens (tertiary/aromatic N) is 3. The van der Waals surface area contributed by atoms with Crippen LogP contribution < -0.4 is 4.90 Å². The molecule has 3 aliphatic rings. The number of piperidine rings is 1. The first-order valence-electron chi connectivity index (χ1n) is 10.4. The van der Waals surface area contributed by atoms with Crippen molar-refractivity contribution < 1.29 is 17.9 Å². The Labute approximate surface area is 165 Å². The topological polar surface area (TPSA) is 28.6 Å². The molecule has 7 heteroatoms. The summed E-state index contributed by atoms with van der Waals surface area (Å²) in [7, 11) is 1.81. The number of hydrogen-bond acceptors (Lipinski definition) is 4. The molecule has 1 aliphatic carbocycles. The molecule has 3 fully saturated rings. The zero-order valence-corrected chi connectivity index (χ0v) is 16.5. The molecule has 3 heterocycles. The van der Waals surface area contributed by atoms with E-state index in [0.29, 0.717) is 18.0 Å². The first-order chi connectivity index (χ1) is 13.4. The highest BCUT2D eigenvalue weighted by Gasteiger charge is 2.44. The van der Waals surface area contributed by atoms with Gasteiger partial charge in [-0.1, -0.05) is 0 Å². The van der Waals surface area contributed by atoms with Crippen molar-refractivity contribution in [2.45, 2.75) is 63.3 Å². The Bertz CT molecular complexity index is 658. The Morgan fingerprint density at radius 1 is 1.07 bits per heavy atom. The van der Waals surface area contributed by atoms with Gasteiger partial charge in [0.1, 0.15) is 5.82 Å². The molecule has 0 bridgehead atoms. The quantitative estimate of drug-likeness (QED) is 0.758. The van der Waals surface area contributed by atoms with Crippen LogP contribution in [0.4, 0.5) is 19.0 Å². The lowest BCUT2D eigenvalue weighted by atomic mass is 9.79. The summed E-state index contributed by atoms with van der Waals surface area (Å²) in [6.45, 7) is 4.01. The van der Waals surface area contributed by atoms with Crippen LogP contribution in [0.5, 0.6) is 0 Å². The Morgan fingerprint density at radius 2 is 1.86 bits per heavy atom. The van der Waals surface area contributed by atoms with E-state index in [2.05, 4.69) is 14.8 Å². The van der Waals surface area contributed by atoms with Crippen LogP contribution in [0, 0.1) is 5.41 Å². The third-order valence-corrected chi connectivity index (χ3v) is 7.02. The van der Waals surface area contributed by atoms with E-state index in [4.69, 9.17) is 4.74 Å². The number of methoxy groups -OCH3 is 1. The van der Waals surface area contributed by atoms with E-state index in [1.165, 1.54) is 31.7 Å². The standard InChI is InChI=1S/C21H30F3N3O/c1-28-18-6-4-17(5-7-18)26-12-10-20(14-26)9-2-11-27(15-20)19-8-3-16(13-25-19)21(22,23)24/h3,8,13,17-18H,2,4-7,9-12,14-15H2,1H3/t17?,18?,20-/m1/s1. The number of aromatic nitrogens is 1. The molecule has 2 saturated heterocycles. The van der Waals surface area contributed by atoms with E-state index >= 15 is 0 Å². The smallest absolute Gasteiger partial charge is 0.381 e. The van der Waals surface area contributed by atoms with Crippen LogP contribution >= 0.6 is 0 Å². The highest BCUT2D eigenvalue weighted by molar-refractivity contribution is 5.41. The maximum Gasteiger partial charge on any atom is 0.417 e. The molecule has 156 valence electrons. The normalized spacial score (nSPS) is 32.2. The maximum absolute atomic E-state index is 12.8. The molecule has 2 aliphatic heterocycles. The first-order valence-corrected chi connectivity index (χ1v) is 10.4. The molecule has 1 saturated carbocycles. The molecule has 4 nitrogen and oxygen atoms in total. The Morgan fingerprint density at radius 3 is 2.50 bits per heavy atom. The van der Waals surface area contributed by atoms with Gasteiger partial charge >= 0.3 is 6.18 Å². The van der Waals surface area contributed by atoms with Crippen molar-refractivity contribution in [3.63, 3.8) is 0 Å². The minimum atomic E-state index is -4.33. The summed E-state index contributed by atoms with van der Waals surface area (Å²) < 4.78 is 43.9. The number of alkyl halides is 3. The zero-order valence-electron chi connectivity index (χ0n) is 16.5. The van der Waals surface area contributed by atoms with Crippen molar-refractivity contribution in [1.29, 1.82) is 0 Å². The third-order valence-electron chi connectivity index (χ3n) is 7.02. The molecule has 1 aromatic heterocycles. The number of likely N-dealkylation sites (tertiary alicyclic amines) is 1. The summed E-state index contributed by atoms with van der Waals surface area (Å²) in [5, 5.41) is 0. The van der Waals surface area contributed by atoms with Crippen molar-refractivity contribution in [3.05, 3.63) is 23.9 Å². The van der Waals surface area contributed by atoms with Gasteiger partial charge in [0.2, 0.25) is 0 Å². The fraction of sp³-hybridized carbons (Fsp3) is 0.762. The van der Waals surface area contributed by atoms with Gasteiger partial charge < -0.3 is 9.64 Å². The fourth-order valence-electron chi connectivity index (χ4n) is 5.40. The van der Waals surface area contributed by atoms with Gasteiger partial charge in [-0.3, -0.25) is 4.90 Å². The van der Waals surface area contributed by atoms with E-state index in [0.717, 1.165) is 57.7 Å². The zero-order chi connectivity index (χ0) is 19.8. The SMILES string of the molecule is COC1CCC(N2CC[C@]3(CCCN(c4ccc(C(F)(F)F)cn4)C3)C2)CC1. The summed E-state index contributed by atoms with van der Waals surface area (Å²) in [5.41, 5.74) is -0.428. The van der Waals surface area contributed by atoms with Crippen LogP contribution in [0.3, 0.4) is 0 Å². The van der Waals surface area contributed by atoms with Crippen molar-refractivity contribution >= 4 is 5.82 Å². The van der Waals surface area contributed by atoms with Crippen molar-refractivity contribution in [2.75, 3.05) is 38.2 Å². The second-order valence-corrected chi connectivity index (χ2v) is 8.81. The second-order valence-electron chi connectivity index (χ2n) is 8.81. The first kappa shape index (κ1) is 20.0. The average Bonchev–Trinajstić information content (AvgIpc) is 3.10.